The first-order valence-corrected chi connectivity index (χ1v) is 9.53. The number of carboxylic acids is 1. The molecule has 3 N–H and O–H groups in total. The molecule has 0 aliphatic carbocycles. The molecular formula is C19H33N3O4. The molecule has 0 aromatic carbocycles. The number of hydrogen-bond donors (Lipinski definition) is 2. The number of carboxylic acid groups (broad SMARTS) is 1. The van der Waals surface area contributed by atoms with Gasteiger partial charge < -0.3 is 20.0 Å². The number of likely N-dealkylation sites (tertiary alicyclic amines) is 1. The summed E-state index contributed by atoms with van der Waals surface area (Å²) in [6.07, 6.45) is 6.79. The molecule has 0 saturated carbocycles. The summed E-state index contributed by atoms with van der Waals surface area (Å²) in [5, 5.41) is 9.17. The molecule has 3 heterocycles. The number of aromatic nitrogens is 1. The number of piperidine rings is 1. The molecule has 2 fully saturated rings. The van der Waals surface area contributed by atoms with E-state index in [1.807, 2.05) is 0 Å². The highest BCUT2D eigenvalue weighted by Gasteiger charge is 2.30. The summed E-state index contributed by atoms with van der Waals surface area (Å²) >= 11 is 0. The molecule has 148 valence electrons. The van der Waals surface area contributed by atoms with Crippen LogP contribution in [0.25, 0.3) is 0 Å². The fourth-order valence-electron chi connectivity index (χ4n) is 3.38. The molecule has 0 amide bonds. The number of rotatable bonds is 3. The van der Waals surface area contributed by atoms with Crippen LogP contribution in [0.15, 0.2) is 10.7 Å². The highest BCUT2D eigenvalue weighted by atomic mass is 16.5. The Bertz CT molecular complexity index is 561. The summed E-state index contributed by atoms with van der Waals surface area (Å²) in [6, 6.07) is 0.00141. The van der Waals surface area contributed by atoms with Crippen LogP contribution >= 0.6 is 0 Å². The Morgan fingerprint density at radius 2 is 2.00 bits per heavy atom. The largest absolute Gasteiger partial charge is 0.480 e. The SMILES string of the molecule is CC(C)(C)c1coc(N)n1.O=C(O)[C@@H]1CCCCN1CC1CCOCC1. The normalized spacial score (nSPS) is 22.5. The first kappa shape index (κ1) is 20.7. The van der Waals surface area contributed by atoms with E-state index in [1.165, 1.54) is 0 Å². The fraction of sp³-hybridized carbons (Fsp3) is 0.789. The highest BCUT2D eigenvalue weighted by Crippen LogP contribution is 2.23. The van der Waals surface area contributed by atoms with Gasteiger partial charge in [0.2, 0.25) is 0 Å². The van der Waals surface area contributed by atoms with E-state index in [9.17, 15) is 9.90 Å². The lowest BCUT2D eigenvalue weighted by Crippen LogP contribution is -2.47. The molecule has 1 aromatic heterocycles. The van der Waals surface area contributed by atoms with Crippen LogP contribution in [-0.4, -0.2) is 53.3 Å². The second-order valence-corrected chi connectivity index (χ2v) is 8.22. The van der Waals surface area contributed by atoms with E-state index in [1.54, 1.807) is 6.26 Å². The van der Waals surface area contributed by atoms with Crippen LogP contribution in [0, 0.1) is 5.92 Å². The van der Waals surface area contributed by atoms with Gasteiger partial charge in [0.15, 0.2) is 0 Å². The van der Waals surface area contributed by atoms with Gasteiger partial charge in [-0.2, -0.15) is 4.98 Å². The Hall–Kier alpha value is -1.60. The number of anilines is 1. The van der Waals surface area contributed by atoms with Gasteiger partial charge in [0.25, 0.3) is 6.01 Å². The number of nitrogens with two attached hydrogens (primary N) is 1. The third-order valence-electron chi connectivity index (χ3n) is 5.02. The molecule has 2 saturated heterocycles. The molecule has 3 rings (SSSR count). The maximum atomic E-state index is 11.1. The van der Waals surface area contributed by atoms with Crippen molar-refractivity contribution >= 4 is 12.0 Å². The average molecular weight is 367 g/mol. The number of carbonyl (C=O) groups is 1. The maximum absolute atomic E-state index is 11.1. The molecule has 1 aromatic rings. The molecule has 26 heavy (non-hydrogen) atoms. The van der Waals surface area contributed by atoms with Gasteiger partial charge in [-0.3, -0.25) is 9.69 Å². The Labute approximate surface area is 155 Å². The smallest absolute Gasteiger partial charge is 0.320 e. The second-order valence-electron chi connectivity index (χ2n) is 8.22. The van der Waals surface area contributed by atoms with Gasteiger partial charge in [-0.25, -0.2) is 0 Å². The Balaban J connectivity index is 0.000000209. The van der Waals surface area contributed by atoms with E-state index >= 15 is 0 Å². The molecule has 2 aliphatic rings. The first-order chi connectivity index (χ1) is 12.3. The molecule has 0 spiro atoms. The van der Waals surface area contributed by atoms with Crippen molar-refractivity contribution in [3.63, 3.8) is 0 Å². The number of aliphatic carboxylic acids is 1. The van der Waals surface area contributed by atoms with Crippen molar-refractivity contribution in [3.05, 3.63) is 12.0 Å². The van der Waals surface area contributed by atoms with Crippen LogP contribution < -0.4 is 5.73 Å². The highest BCUT2D eigenvalue weighted by molar-refractivity contribution is 5.73. The number of ether oxygens (including phenoxy) is 1. The van der Waals surface area contributed by atoms with Crippen molar-refractivity contribution in [1.29, 1.82) is 0 Å². The minimum absolute atomic E-state index is 0.0289. The zero-order valence-corrected chi connectivity index (χ0v) is 16.2. The topological polar surface area (TPSA) is 102 Å². The number of nitrogens with zero attached hydrogens (tertiary/aromatic N) is 2. The first-order valence-electron chi connectivity index (χ1n) is 9.53. The predicted octanol–water partition coefficient (Wildman–Crippen LogP) is 2.91. The minimum Gasteiger partial charge on any atom is -0.480 e. The van der Waals surface area contributed by atoms with Crippen molar-refractivity contribution in [1.82, 2.24) is 9.88 Å². The summed E-state index contributed by atoms with van der Waals surface area (Å²) in [5.41, 5.74) is 6.22. The van der Waals surface area contributed by atoms with Crippen molar-refractivity contribution in [2.24, 2.45) is 5.92 Å². The van der Waals surface area contributed by atoms with E-state index in [-0.39, 0.29) is 17.5 Å². The molecule has 0 unspecified atom stereocenters. The van der Waals surface area contributed by atoms with Crippen LogP contribution in [0.1, 0.15) is 58.6 Å². The number of hydrogen-bond acceptors (Lipinski definition) is 6. The Kier molecular flexibility index (Phi) is 7.46. The van der Waals surface area contributed by atoms with Crippen molar-refractivity contribution in [2.45, 2.75) is 64.3 Å². The zero-order valence-electron chi connectivity index (χ0n) is 16.2. The van der Waals surface area contributed by atoms with Crippen LogP contribution in [0.4, 0.5) is 6.01 Å². The van der Waals surface area contributed by atoms with Gasteiger partial charge in [-0.1, -0.05) is 27.2 Å². The Morgan fingerprint density at radius 1 is 1.31 bits per heavy atom. The zero-order chi connectivity index (χ0) is 19.2. The third-order valence-corrected chi connectivity index (χ3v) is 5.02. The Morgan fingerprint density at radius 3 is 2.50 bits per heavy atom. The fourth-order valence-corrected chi connectivity index (χ4v) is 3.38. The van der Waals surface area contributed by atoms with Crippen molar-refractivity contribution < 1.29 is 19.1 Å². The molecule has 0 bridgehead atoms. The van der Waals surface area contributed by atoms with Gasteiger partial charge in [0.1, 0.15) is 12.3 Å². The standard InChI is InChI=1S/C12H21NO3.C7H12N2O/c14-12(15)11-3-1-2-6-13(11)9-10-4-7-16-8-5-10;1-7(2,3)5-4-10-6(8)9-5/h10-11H,1-9H2,(H,14,15);4H,1-3H3,(H2,8,9)/t11-;/m0./s1. The van der Waals surface area contributed by atoms with Gasteiger partial charge >= 0.3 is 5.97 Å². The van der Waals surface area contributed by atoms with E-state index in [0.29, 0.717) is 5.92 Å². The van der Waals surface area contributed by atoms with E-state index < -0.39 is 5.97 Å². The molecule has 1 atom stereocenters. The van der Waals surface area contributed by atoms with Gasteiger partial charge in [-0.05, 0) is 38.1 Å². The number of oxazole rings is 1. The minimum atomic E-state index is -0.647. The maximum Gasteiger partial charge on any atom is 0.320 e. The quantitative estimate of drug-likeness (QED) is 0.847. The molecule has 0 radical (unpaired) electrons. The van der Waals surface area contributed by atoms with Crippen molar-refractivity contribution in [2.75, 3.05) is 32.0 Å². The van der Waals surface area contributed by atoms with Crippen LogP contribution in [0.5, 0.6) is 0 Å². The van der Waals surface area contributed by atoms with E-state index in [2.05, 4.69) is 30.7 Å². The predicted molar refractivity (Wildman–Crippen MR) is 100 cm³/mol. The summed E-state index contributed by atoms with van der Waals surface area (Å²) in [4.78, 5) is 17.3. The summed E-state index contributed by atoms with van der Waals surface area (Å²) < 4.78 is 10.2. The second kappa shape index (κ2) is 9.37. The molecule has 7 heteroatoms. The van der Waals surface area contributed by atoms with E-state index in [4.69, 9.17) is 14.9 Å². The monoisotopic (exact) mass is 367 g/mol. The summed E-state index contributed by atoms with van der Waals surface area (Å²) in [6.45, 7) is 9.76. The van der Waals surface area contributed by atoms with Crippen LogP contribution in [-0.2, 0) is 14.9 Å². The lowest BCUT2D eigenvalue weighted by molar-refractivity contribution is -0.145. The van der Waals surface area contributed by atoms with Crippen LogP contribution in [0.3, 0.4) is 0 Å². The average Bonchev–Trinajstić information content (AvgIpc) is 3.04. The number of nitrogen functional groups attached to an aromatic ring is 1. The van der Waals surface area contributed by atoms with E-state index in [0.717, 1.165) is 64.1 Å². The summed E-state index contributed by atoms with van der Waals surface area (Å²) in [7, 11) is 0. The van der Waals surface area contributed by atoms with Gasteiger partial charge in [-0.15, -0.1) is 0 Å². The molecule has 2 aliphatic heterocycles. The third kappa shape index (κ3) is 6.29. The van der Waals surface area contributed by atoms with Crippen LogP contribution in [0.2, 0.25) is 0 Å². The molecule has 7 nitrogen and oxygen atoms in total. The van der Waals surface area contributed by atoms with Gasteiger partial charge in [0, 0.05) is 25.2 Å². The molecular weight excluding hydrogens is 334 g/mol. The van der Waals surface area contributed by atoms with Crippen molar-refractivity contribution in [3.8, 4) is 0 Å². The lowest BCUT2D eigenvalue weighted by atomic mass is 9.93. The summed E-state index contributed by atoms with van der Waals surface area (Å²) in [5.74, 6) is -0.0135. The van der Waals surface area contributed by atoms with Gasteiger partial charge in [0.05, 0.1) is 5.69 Å². The lowest BCUT2D eigenvalue weighted by Gasteiger charge is -2.36.